The van der Waals surface area contributed by atoms with E-state index in [2.05, 4.69) is 9.19 Å². The monoisotopic (exact) mass is 353 g/mol. The van der Waals surface area contributed by atoms with Crippen LogP contribution in [0, 0.1) is 0 Å². The van der Waals surface area contributed by atoms with Crippen LogP contribution in [0.4, 0.5) is 0 Å². The van der Waals surface area contributed by atoms with Gasteiger partial charge in [0.25, 0.3) is 0 Å². The summed E-state index contributed by atoms with van der Waals surface area (Å²) in [4.78, 5) is 11.5. The van der Waals surface area contributed by atoms with E-state index in [0.29, 0.717) is 0 Å². The molecule has 6 nitrogen and oxygen atoms in total. The second-order valence-electron chi connectivity index (χ2n) is 4.81. The third-order valence-corrected chi connectivity index (χ3v) is 5.92. The fourth-order valence-corrected chi connectivity index (χ4v) is 4.12. The molecule has 1 aliphatic rings. The second kappa shape index (κ2) is 6.03. The Bertz CT molecular complexity index is 640. The summed E-state index contributed by atoms with van der Waals surface area (Å²) in [6.45, 7) is 1.38. The first-order chi connectivity index (χ1) is 9.89. The van der Waals surface area contributed by atoms with Gasteiger partial charge in [-0.1, -0.05) is 0 Å². The number of allylic oxidation sites excluding steroid dienone is 2. The predicted molar refractivity (Wildman–Crippen MR) is 76.1 cm³/mol. The van der Waals surface area contributed by atoms with E-state index in [0.717, 1.165) is 5.56 Å². The Morgan fingerprint density at radius 2 is 2.05 bits per heavy atom. The van der Waals surface area contributed by atoms with Crippen molar-refractivity contribution in [1.82, 2.24) is 5.32 Å². The van der Waals surface area contributed by atoms with Gasteiger partial charge >= 0.3 is 125 Å². The molecule has 1 aromatic carbocycles. The zero-order valence-electron chi connectivity index (χ0n) is 11.4. The van der Waals surface area contributed by atoms with E-state index >= 15 is 0 Å². The van der Waals surface area contributed by atoms with Gasteiger partial charge in [-0.25, -0.2) is 0 Å². The van der Waals surface area contributed by atoms with Crippen molar-refractivity contribution in [3.8, 4) is 0 Å². The van der Waals surface area contributed by atoms with Crippen LogP contribution in [0.1, 0.15) is 18.9 Å². The number of carbonyl (C=O) groups is 1. The van der Waals surface area contributed by atoms with Crippen LogP contribution >= 0.6 is 0 Å². The van der Waals surface area contributed by atoms with Gasteiger partial charge < -0.3 is 0 Å². The van der Waals surface area contributed by atoms with E-state index < -0.39 is 19.7 Å². The number of rotatable bonds is 4. The predicted octanol–water partition coefficient (Wildman–Crippen LogP) is 1.29. The van der Waals surface area contributed by atoms with Crippen LogP contribution in [0.3, 0.4) is 0 Å². The first kappa shape index (κ1) is 15.8. The molecule has 21 heavy (non-hydrogen) atoms. The molecule has 0 aliphatic heterocycles. The van der Waals surface area contributed by atoms with Gasteiger partial charge in [0.1, 0.15) is 0 Å². The van der Waals surface area contributed by atoms with E-state index in [9.17, 15) is 12.6 Å². The molecule has 1 aliphatic carbocycles. The van der Waals surface area contributed by atoms with E-state index in [4.69, 9.17) is 5.26 Å². The summed E-state index contributed by atoms with van der Waals surface area (Å²) >= 11 is -4.95. The van der Waals surface area contributed by atoms with Gasteiger partial charge in [-0.15, -0.1) is 0 Å². The van der Waals surface area contributed by atoms with Crippen LogP contribution in [0.15, 0.2) is 52.9 Å². The maximum absolute atomic E-state index is 11.9. The normalized spacial score (nSPS) is 24.0. The Labute approximate surface area is 125 Å². The summed E-state index contributed by atoms with van der Waals surface area (Å²) in [7, 11) is 0. The molecular weight excluding hydrogens is 337 g/mol. The molecule has 0 aromatic heterocycles. The maximum atomic E-state index is 11.9. The number of amides is 1. The van der Waals surface area contributed by atoms with Crippen molar-refractivity contribution < 1.29 is 21.8 Å². The molecule has 0 fully saturated rings. The van der Waals surface area contributed by atoms with Gasteiger partial charge in [-0.2, -0.15) is 0 Å². The molecule has 2 rings (SSSR count). The molecule has 2 atom stereocenters. The third-order valence-electron chi connectivity index (χ3n) is 3.29. The second-order valence-corrected chi connectivity index (χ2v) is 8.55. The zero-order valence-corrected chi connectivity index (χ0v) is 13.3. The molecule has 0 heterocycles. The van der Waals surface area contributed by atoms with E-state index in [1.807, 2.05) is 30.3 Å². The molecule has 0 bridgehead atoms. The van der Waals surface area contributed by atoms with Crippen LogP contribution < -0.4 is 5.32 Å². The number of hydrogen-bond donors (Lipinski definition) is 3. The molecule has 1 aromatic rings. The van der Waals surface area contributed by atoms with Gasteiger partial charge in [-0.3, -0.25) is 0 Å². The molecule has 0 spiro atoms. The summed E-state index contributed by atoms with van der Waals surface area (Å²) in [5.74, 6) is -0.269. The van der Waals surface area contributed by atoms with Crippen molar-refractivity contribution in [3.05, 3.63) is 58.5 Å². The van der Waals surface area contributed by atoms with E-state index in [1.165, 1.54) is 13.0 Å². The minimum absolute atomic E-state index is 0.0562. The Morgan fingerprint density at radius 1 is 1.38 bits per heavy atom. The molecule has 0 radical (unpaired) electrons. The van der Waals surface area contributed by atoms with Gasteiger partial charge in [-0.05, 0) is 0 Å². The molecule has 1 amide bonds. The van der Waals surface area contributed by atoms with Gasteiger partial charge in [0.2, 0.25) is 0 Å². The van der Waals surface area contributed by atoms with Crippen LogP contribution in [-0.4, -0.2) is 29.4 Å². The Morgan fingerprint density at radius 3 is 2.62 bits per heavy atom. The van der Waals surface area contributed by atoms with Crippen LogP contribution in [-0.2, 0) is 17.9 Å². The fraction of sp³-hybridized carbons (Fsp3) is 0.214. The molecular formula is C14H16AsNO5. The van der Waals surface area contributed by atoms with E-state index in [-0.39, 0.29) is 16.7 Å². The van der Waals surface area contributed by atoms with Gasteiger partial charge in [0, 0.05) is 0 Å². The first-order valence-electron chi connectivity index (χ1n) is 6.29. The van der Waals surface area contributed by atoms with Gasteiger partial charge in [0.05, 0.1) is 0 Å². The van der Waals surface area contributed by atoms with E-state index in [1.54, 1.807) is 12.2 Å². The Hall–Kier alpha value is -1.59. The first-order valence-corrected chi connectivity index (χ1v) is 9.60. The SMILES string of the molecule is CC(=O)NC1(c2ccccc2)C=CC=C([As](=O)(O)OO)C1. The summed E-state index contributed by atoms with van der Waals surface area (Å²) < 4.78 is 25.4. The summed E-state index contributed by atoms with van der Waals surface area (Å²) in [6.07, 6.45) is 4.81. The molecule has 112 valence electrons. The van der Waals surface area contributed by atoms with Gasteiger partial charge in [0.15, 0.2) is 0 Å². The molecule has 2 unspecified atom stereocenters. The van der Waals surface area contributed by atoms with Crippen molar-refractivity contribution in [2.75, 3.05) is 0 Å². The number of hydrogen-bond acceptors (Lipinski definition) is 4. The van der Waals surface area contributed by atoms with Crippen molar-refractivity contribution in [1.29, 1.82) is 0 Å². The zero-order chi connectivity index (χ0) is 15.5. The van der Waals surface area contributed by atoms with Crippen LogP contribution in [0.5, 0.6) is 0 Å². The third kappa shape index (κ3) is 3.36. The van der Waals surface area contributed by atoms with Crippen molar-refractivity contribution >= 4 is 20.1 Å². The standard InChI is InChI=1S/C14H16AsNO5/c1-11(17)16-14(12-6-3-2-4-7-12)9-5-8-13(10-14)15(18,19)21-20/h2-9,20H,10H2,1H3,(H,16,17)(H,18,19). The topological polar surface area (TPSA) is 95.9 Å². The van der Waals surface area contributed by atoms with Crippen molar-refractivity contribution in [2.24, 2.45) is 0 Å². The number of carbonyl (C=O) groups excluding carboxylic acids is 1. The average Bonchev–Trinajstić information content (AvgIpc) is 2.47. The summed E-state index contributed by atoms with van der Waals surface area (Å²) in [5.41, 5.74) is -0.162. The Kier molecular flexibility index (Phi) is 4.54. The number of nitrogens with one attached hydrogen (secondary N) is 1. The van der Waals surface area contributed by atoms with Crippen LogP contribution in [0.25, 0.3) is 0 Å². The van der Waals surface area contributed by atoms with Crippen molar-refractivity contribution in [2.45, 2.75) is 18.9 Å². The van der Waals surface area contributed by atoms with Crippen molar-refractivity contribution in [3.63, 3.8) is 0 Å². The minimum atomic E-state index is -4.95. The Balaban J connectivity index is 2.45. The molecule has 3 N–H and O–H groups in total. The molecule has 0 saturated heterocycles. The van der Waals surface area contributed by atoms with Crippen LogP contribution in [0.2, 0.25) is 0 Å². The quantitative estimate of drug-likeness (QED) is 0.431. The molecule has 7 heteroatoms. The summed E-state index contributed by atoms with van der Waals surface area (Å²) in [5, 5.41) is 11.4. The fourth-order valence-electron chi connectivity index (χ4n) is 2.38. The average molecular weight is 353 g/mol. The summed E-state index contributed by atoms with van der Waals surface area (Å²) in [6, 6.07) is 9.11. The molecule has 0 saturated carbocycles. The number of benzene rings is 1.